The molecule has 0 bridgehead atoms. The highest BCUT2D eigenvalue weighted by molar-refractivity contribution is 7.80. The minimum absolute atomic E-state index is 0.000313. The van der Waals surface area contributed by atoms with Crippen LogP contribution >= 0.6 is 12.2 Å². The molecule has 1 heterocycles. The van der Waals surface area contributed by atoms with Crippen LogP contribution < -0.4 is 19.5 Å². The van der Waals surface area contributed by atoms with E-state index in [0.717, 1.165) is 11.1 Å². The molecule has 0 spiro atoms. The minimum atomic E-state index is -0.446. The number of carbonyl (C=O) groups is 1. The topological polar surface area (TPSA) is 112 Å². The number of esters is 1. The van der Waals surface area contributed by atoms with Crippen LogP contribution in [0.3, 0.4) is 0 Å². The fourth-order valence-corrected chi connectivity index (χ4v) is 4.73. The fraction of sp³-hybridized carbons (Fsp3) is 0.286. The lowest BCUT2D eigenvalue weighted by Crippen LogP contribution is -2.44. The first-order chi connectivity index (χ1) is 18.8. The van der Waals surface area contributed by atoms with Gasteiger partial charge in [-0.05, 0) is 85.2 Å². The molecule has 39 heavy (non-hydrogen) atoms. The number of hydrogen-bond acceptors (Lipinski definition) is 8. The van der Waals surface area contributed by atoms with Gasteiger partial charge in [0, 0.05) is 24.4 Å². The molecule has 0 saturated heterocycles. The van der Waals surface area contributed by atoms with Gasteiger partial charge in [0.15, 0.2) is 16.6 Å². The van der Waals surface area contributed by atoms with Crippen molar-refractivity contribution < 1.29 is 28.7 Å². The van der Waals surface area contributed by atoms with Crippen molar-refractivity contribution in [2.75, 3.05) is 39.3 Å². The van der Waals surface area contributed by atoms with Crippen LogP contribution in [-0.4, -0.2) is 54.9 Å². The van der Waals surface area contributed by atoms with Gasteiger partial charge in [0.1, 0.15) is 12.4 Å². The molecule has 204 valence electrons. The summed E-state index contributed by atoms with van der Waals surface area (Å²) in [5.74, 6) is 1.44. The van der Waals surface area contributed by atoms with Crippen LogP contribution in [0.2, 0.25) is 0 Å². The Morgan fingerprint density at radius 1 is 1.08 bits per heavy atom. The highest BCUT2D eigenvalue weighted by Gasteiger charge is 2.31. The highest BCUT2D eigenvalue weighted by atomic mass is 32.1. The number of nitrogens with zero attached hydrogens (tertiary/aromatic N) is 2. The number of nitrogens with one attached hydrogen (secondary N) is 1. The standard InChI is InChI=1S/C28H29N3O7S/c1-4-37-27(32)18-5-11-22(12-6-18)38-17-24-23-16-26(36-3)25(35-2)15-19(23)13-14-30(24)28(39)29-20-7-9-21(10-8-20)31(33)34/h5-12,15-16,24H,4,13-14,17H2,1-3H3,(H,29,39)/t24-/m0/s1. The zero-order valence-corrected chi connectivity index (χ0v) is 22.7. The van der Waals surface area contributed by atoms with Gasteiger partial charge in [-0.15, -0.1) is 0 Å². The predicted molar refractivity (Wildman–Crippen MR) is 150 cm³/mol. The Balaban J connectivity index is 1.59. The molecule has 3 aromatic rings. The predicted octanol–water partition coefficient (Wildman–Crippen LogP) is 5.16. The lowest BCUT2D eigenvalue weighted by Gasteiger charge is -2.39. The third-order valence-corrected chi connectivity index (χ3v) is 6.70. The molecule has 0 unspecified atom stereocenters. The molecule has 1 N–H and O–H groups in total. The lowest BCUT2D eigenvalue weighted by molar-refractivity contribution is -0.384. The smallest absolute Gasteiger partial charge is 0.338 e. The first-order valence-electron chi connectivity index (χ1n) is 12.3. The molecule has 1 atom stereocenters. The van der Waals surface area contributed by atoms with Gasteiger partial charge in [-0.25, -0.2) is 4.79 Å². The number of non-ortho nitro benzene ring substituents is 1. The summed E-state index contributed by atoms with van der Waals surface area (Å²) < 4.78 is 22.3. The van der Waals surface area contributed by atoms with Crippen molar-refractivity contribution >= 4 is 34.7 Å². The maximum atomic E-state index is 12.0. The number of carbonyl (C=O) groups excluding carboxylic acids is 1. The van der Waals surface area contributed by atoms with Crippen LogP contribution in [0, 0.1) is 10.1 Å². The molecule has 0 radical (unpaired) electrons. The van der Waals surface area contributed by atoms with Crippen molar-refractivity contribution in [1.29, 1.82) is 0 Å². The Labute approximate surface area is 231 Å². The first-order valence-corrected chi connectivity index (χ1v) is 12.7. The number of nitro benzene ring substituents is 1. The minimum Gasteiger partial charge on any atom is -0.493 e. The van der Waals surface area contributed by atoms with E-state index >= 15 is 0 Å². The fourth-order valence-electron chi connectivity index (χ4n) is 4.39. The number of rotatable bonds is 9. The molecule has 0 aliphatic carbocycles. The third-order valence-electron chi connectivity index (χ3n) is 6.37. The van der Waals surface area contributed by atoms with Crippen LogP contribution in [0.25, 0.3) is 0 Å². The van der Waals surface area contributed by atoms with E-state index in [0.29, 0.717) is 53.2 Å². The molecular formula is C28H29N3O7S. The zero-order chi connectivity index (χ0) is 27.9. The zero-order valence-electron chi connectivity index (χ0n) is 21.8. The molecule has 0 fully saturated rings. The van der Waals surface area contributed by atoms with Crippen molar-refractivity contribution in [2.45, 2.75) is 19.4 Å². The van der Waals surface area contributed by atoms with Crippen LogP contribution in [0.1, 0.15) is 34.5 Å². The molecular weight excluding hydrogens is 522 g/mol. The van der Waals surface area contributed by atoms with Crippen molar-refractivity contribution in [3.05, 3.63) is 87.5 Å². The Hall–Kier alpha value is -4.38. The SMILES string of the molecule is CCOC(=O)c1ccc(OC[C@H]2c3cc(OC)c(OC)cc3CCN2C(=S)Nc2ccc([N+](=O)[O-])cc2)cc1. The number of thiocarbonyl (C=S) groups is 1. The molecule has 1 aliphatic heterocycles. The van der Waals surface area contributed by atoms with Gasteiger partial charge in [-0.3, -0.25) is 10.1 Å². The Morgan fingerprint density at radius 2 is 1.74 bits per heavy atom. The number of benzene rings is 3. The number of anilines is 1. The van der Waals surface area contributed by atoms with E-state index in [4.69, 9.17) is 31.2 Å². The lowest BCUT2D eigenvalue weighted by atomic mass is 9.92. The summed E-state index contributed by atoms with van der Waals surface area (Å²) in [7, 11) is 3.19. The van der Waals surface area contributed by atoms with Crippen LogP contribution in [-0.2, 0) is 11.2 Å². The molecule has 4 rings (SSSR count). The summed E-state index contributed by atoms with van der Waals surface area (Å²) in [5.41, 5.74) is 3.15. The normalized spacial score (nSPS) is 14.1. The van der Waals surface area contributed by atoms with Crippen LogP contribution in [0.4, 0.5) is 11.4 Å². The molecule has 3 aromatic carbocycles. The maximum Gasteiger partial charge on any atom is 0.338 e. The Morgan fingerprint density at radius 3 is 2.36 bits per heavy atom. The summed E-state index contributed by atoms with van der Waals surface area (Å²) in [6.45, 7) is 2.92. The van der Waals surface area contributed by atoms with E-state index in [1.807, 2.05) is 17.0 Å². The average molecular weight is 552 g/mol. The van der Waals surface area contributed by atoms with Gasteiger partial charge in [-0.2, -0.15) is 0 Å². The monoisotopic (exact) mass is 551 g/mol. The van der Waals surface area contributed by atoms with Gasteiger partial charge in [0.2, 0.25) is 0 Å². The van der Waals surface area contributed by atoms with Crippen molar-refractivity contribution in [1.82, 2.24) is 4.90 Å². The van der Waals surface area contributed by atoms with Crippen molar-refractivity contribution in [3.8, 4) is 17.2 Å². The average Bonchev–Trinajstić information content (AvgIpc) is 2.95. The third kappa shape index (κ3) is 6.37. The Kier molecular flexibility index (Phi) is 8.82. The maximum absolute atomic E-state index is 12.0. The number of fused-ring (bicyclic) bond motifs is 1. The highest BCUT2D eigenvalue weighted by Crippen LogP contribution is 2.38. The van der Waals surface area contributed by atoms with Gasteiger partial charge in [-0.1, -0.05) is 0 Å². The van der Waals surface area contributed by atoms with E-state index in [2.05, 4.69) is 5.32 Å². The largest absolute Gasteiger partial charge is 0.493 e. The van der Waals surface area contributed by atoms with E-state index < -0.39 is 4.92 Å². The van der Waals surface area contributed by atoms with Crippen molar-refractivity contribution in [2.24, 2.45) is 0 Å². The van der Waals surface area contributed by atoms with E-state index in [1.54, 1.807) is 57.5 Å². The molecule has 0 amide bonds. The van der Waals surface area contributed by atoms with E-state index in [1.165, 1.54) is 12.1 Å². The van der Waals surface area contributed by atoms with E-state index in [-0.39, 0.29) is 24.3 Å². The molecule has 0 aromatic heterocycles. The Bertz CT molecular complexity index is 1350. The van der Waals surface area contributed by atoms with Gasteiger partial charge >= 0.3 is 5.97 Å². The molecule has 10 nitrogen and oxygen atoms in total. The number of hydrogen-bond donors (Lipinski definition) is 1. The second-order valence-corrected chi connectivity index (χ2v) is 9.04. The van der Waals surface area contributed by atoms with Gasteiger partial charge in [0.05, 0.1) is 37.4 Å². The number of methoxy groups -OCH3 is 2. The second-order valence-electron chi connectivity index (χ2n) is 8.66. The summed E-state index contributed by atoms with van der Waals surface area (Å²) in [5, 5.41) is 14.7. The first kappa shape index (κ1) is 27.6. The summed E-state index contributed by atoms with van der Waals surface area (Å²) in [6, 6.07) is 16.5. The van der Waals surface area contributed by atoms with Gasteiger partial charge < -0.3 is 29.2 Å². The van der Waals surface area contributed by atoms with Crippen molar-refractivity contribution in [3.63, 3.8) is 0 Å². The summed E-state index contributed by atoms with van der Waals surface area (Å²) in [6.07, 6.45) is 0.711. The number of nitro groups is 1. The summed E-state index contributed by atoms with van der Waals surface area (Å²) in [4.78, 5) is 24.6. The molecule has 11 heteroatoms. The van der Waals surface area contributed by atoms with Gasteiger partial charge in [0.25, 0.3) is 5.69 Å². The second kappa shape index (κ2) is 12.4. The molecule has 1 aliphatic rings. The summed E-state index contributed by atoms with van der Waals surface area (Å²) >= 11 is 5.78. The van der Waals surface area contributed by atoms with E-state index in [9.17, 15) is 14.9 Å². The quantitative estimate of drug-likeness (QED) is 0.166. The van der Waals surface area contributed by atoms with Crippen LogP contribution in [0.5, 0.6) is 17.2 Å². The molecule has 0 saturated carbocycles. The van der Waals surface area contributed by atoms with Crippen LogP contribution in [0.15, 0.2) is 60.7 Å². The number of ether oxygens (including phenoxy) is 4.